The maximum atomic E-state index is 13.5. The number of nitrogens with one attached hydrogen (secondary N) is 1. The Hall–Kier alpha value is -3.49. The fourth-order valence-electron chi connectivity index (χ4n) is 3.56. The number of alkyl halides is 3. The van der Waals surface area contributed by atoms with Crippen LogP contribution in [0.25, 0.3) is 33.4 Å². The van der Waals surface area contributed by atoms with E-state index in [4.69, 9.17) is 4.98 Å². The second-order valence-electron chi connectivity index (χ2n) is 6.69. The first-order valence-corrected chi connectivity index (χ1v) is 9.53. The molecular weight excluding hydrogens is 393 g/mol. The third-order valence-corrected chi connectivity index (χ3v) is 4.99. The molecule has 0 amide bonds. The van der Waals surface area contributed by atoms with Crippen molar-refractivity contribution in [3.05, 3.63) is 54.1 Å². The van der Waals surface area contributed by atoms with E-state index in [0.717, 1.165) is 17.7 Å². The van der Waals surface area contributed by atoms with Gasteiger partial charge in [0.2, 0.25) is 5.82 Å². The Bertz CT molecular complexity index is 1150. The zero-order valence-electron chi connectivity index (χ0n) is 16.4. The number of nitrogens with zero attached hydrogens (tertiary/aromatic N) is 5. The van der Waals surface area contributed by atoms with Crippen molar-refractivity contribution in [3.63, 3.8) is 0 Å². The third-order valence-electron chi connectivity index (χ3n) is 4.99. The highest BCUT2D eigenvalue weighted by atomic mass is 19.4. The van der Waals surface area contributed by atoms with E-state index in [-0.39, 0.29) is 5.82 Å². The summed E-state index contributed by atoms with van der Waals surface area (Å²) in [5, 5.41) is 14.7. The highest BCUT2D eigenvalue weighted by Crippen LogP contribution is 2.43. The van der Waals surface area contributed by atoms with Crippen molar-refractivity contribution in [1.82, 2.24) is 25.6 Å². The summed E-state index contributed by atoms with van der Waals surface area (Å²) in [5.41, 5.74) is 1.62. The van der Waals surface area contributed by atoms with Gasteiger partial charge < -0.3 is 4.90 Å². The fraction of sp³-hybridized carbons (Fsp3) is 0.238. The number of tetrazole rings is 1. The van der Waals surface area contributed by atoms with Crippen LogP contribution in [0.2, 0.25) is 0 Å². The zero-order valence-corrected chi connectivity index (χ0v) is 16.4. The summed E-state index contributed by atoms with van der Waals surface area (Å²) >= 11 is 0. The van der Waals surface area contributed by atoms with E-state index in [1.165, 1.54) is 6.07 Å². The first-order chi connectivity index (χ1) is 14.4. The van der Waals surface area contributed by atoms with E-state index in [0.29, 0.717) is 40.9 Å². The van der Waals surface area contributed by atoms with Gasteiger partial charge in [0.25, 0.3) is 0 Å². The van der Waals surface area contributed by atoms with Crippen LogP contribution < -0.4 is 4.90 Å². The van der Waals surface area contributed by atoms with Gasteiger partial charge >= 0.3 is 6.18 Å². The number of pyridine rings is 1. The van der Waals surface area contributed by atoms with Crippen LogP contribution in [0, 0.1) is 0 Å². The molecule has 0 spiro atoms. The van der Waals surface area contributed by atoms with E-state index >= 15 is 0 Å². The molecule has 9 heteroatoms. The first-order valence-electron chi connectivity index (χ1n) is 9.53. The summed E-state index contributed by atoms with van der Waals surface area (Å²) in [5.74, 6) is 0.884. The van der Waals surface area contributed by atoms with Crippen LogP contribution in [-0.4, -0.2) is 38.7 Å². The van der Waals surface area contributed by atoms with Crippen molar-refractivity contribution in [1.29, 1.82) is 0 Å². The minimum atomic E-state index is -4.47. The van der Waals surface area contributed by atoms with Gasteiger partial charge in [-0.1, -0.05) is 30.3 Å². The standard InChI is InChI=1S/C21H19F3N6/c1-3-30(4-2)20-18(19-26-28-29-27-19)17(13-8-6-5-7-9-13)15-12-14(21(22,23)24)10-11-16(15)25-20/h5-12H,3-4H2,1-2H3,(H,26,27,28,29). The lowest BCUT2D eigenvalue weighted by atomic mass is 9.93. The van der Waals surface area contributed by atoms with Gasteiger partial charge in [-0.2, -0.15) is 18.4 Å². The number of halogens is 3. The molecular formula is C21H19F3N6. The largest absolute Gasteiger partial charge is 0.416 e. The molecule has 0 radical (unpaired) electrons. The number of anilines is 1. The number of aromatic amines is 1. The SMILES string of the molecule is CCN(CC)c1nc2ccc(C(F)(F)F)cc2c(-c2ccccc2)c1-c1nn[nH]n1. The van der Waals surface area contributed by atoms with Crippen LogP contribution in [-0.2, 0) is 6.18 Å². The van der Waals surface area contributed by atoms with Gasteiger partial charge in [0.05, 0.1) is 16.6 Å². The average Bonchev–Trinajstić information content (AvgIpc) is 3.27. The Morgan fingerprint density at radius 1 is 0.967 bits per heavy atom. The van der Waals surface area contributed by atoms with Crippen LogP contribution in [0.1, 0.15) is 19.4 Å². The average molecular weight is 412 g/mol. The third kappa shape index (κ3) is 3.47. The fourth-order valence-corrected chi connectivity index (χ4v) is 3.56. The van der Waals surface area contributed by atoms with Crippen LogP contribution >= 0.6 is 0 Å². The van der Waals surface area contributed by atoms with Crippen molar-refractivity contribution < 1.29 is 13.2 Å². The molecule has 0 aliphatic rings. The molecule has 0 saturated carbocycles. The van der Waals surface area contributed by atoms with Gasteiger partial charge in [-0.15, -0.1) is 10.2 Å². The van der Waals surface area contributed by atoms with Crippen LogP contribution in [0.5, 0.6) is 0 Å². The highest BCUT2D eigenvalue weighted by Gasteiger charge is 2.32. The summed E-state index contributed by atoms with van der Waals surface area (Å²) in [6.07, 6.45) is -4.47. The molecule has 0 saturated heterocycles. The van der Waals surface area contributed by atoms with Crippen molar-refractivity contribution >= 4 is 16.7 Å². The molecule has 6 nitrogen and oxygen atoms in total. The molecule has 0 unspecified atom stereocenters. The molecule has 0 atom stereocenters. The number of aromatic nitrogens is 5. The molecule has 0 fully saturated rings. The lowest BCUT2D eigenvalue weighted by Crippen LogP contribution is -2.24. The van der Waals surface area contributed by atoms with Gasteiger partial charge in [0.1, 0.15) is 5.82 Å². The number of hydrogen-bond donors (Lipinski definition) is 1. The predicted molar refractivity (Wildman–Crippen MR) is 109 cm³/mol. The van der Waals surface area contributed by atoms with Crippen molar-refractivity contribution in [2.45, 2.75) is 20.0 Å². The topological polar surface area (TPSA) is 70.6 Å². The van der Waals surface area contributed by atoms with Crippen molar-refractivity contribution in [2.24, 2.45) is 0 Å². The van der Waals surface area contributed by atoms with E-state index < -0.39 is 11.7 Å². The maximum absolute atomic E-state index is 13.5. The summed E-state index contributed by atoms with van der Waals surface area (Å²) in [7, 11) is 0. The Morgan fingerprint density at radius 2 is 1.70 bits per heavy atom. The summed E-state index contributed by atoms with van der Waals surface area (Å²) in [6, 6.07) is 12.9. The van der Waals surface area contributed by atoms with Crippen LogP contribution in [0.15, 0.2) is 48.5 Å². The van der Waals surface area contributed by atoms with Gasteiger partial charge in [0, 0.05) is 24.0 Å². The Balaban J connectivity index is 2.17. The van der Waals surface area contributed by atoms with Gasteiger partial charge in [-0.05, 0) is 42.8 Å². The molecule has 0 aliphatic heterocycles. The van der Waals surface area contributed by atoms with Crippen LogP contribution in [0.3, 0.4) is 0 Å². The van der Waals surface area contributed by atoms with Gasteiger partial charge in [-0.25, -0.2) is 4.98 Å². The molecule has 4 aromatic rings. The van der Waals surface area contributed by atoms with E-state index in [1.54, 1.807) is 0 Å². The van der Waals surface area contributed by atoms with Crippen molar-refractivity contribution in [3.8, 4) is 22.5 Å². The Kier molecular flexibility index (Phi) is 5.11. The highest BCUT2D eigenvalue weighted by molar-refractivity contribution is 6.05. The molecule has 30 heavy (non-hydrogen) atoms. The number of hydrogen-bond acceptors (Lipinski definition) is 5. The minimum Gasteiger partial charge on any atom is -0.357 e. The molecule has 0 aliphatic carbocycles. The monoisotopic (exact) mass is 412 g/mol. The lowest BCUT2D eigenvalue weighted by Gasteiger charge is -2.25. The normalized spacial score (nSPS) is 11.8. The predicted octanol–water partition coefficient (Wildman–Crippen LogP) is 4.95. The minimum absolute atomic E-state index is 0.280. The van der Waals surface area contributed by atoms with Crippen molar-refractivity contribution in [2.75, 3.05) is 18.0 Å². The molecule has 154 valence electrons. The molecule has 0 bridgehead atoms. The second kappa shape index (κ2) is 7.74. The van der Waals surface area contributed by atoms with E-state index in [9.17, 15) is 13.2 Å². The lowest BCUT2D eigenvalue weighted by molar-refractivity contribution is -0.137. The number of rotatable bonds is 5. The molecule has 2 aromatic carbocycles. The summed E-state index contributed by atoms with van der Waals surface area (Å²) in [6.45, 7) is 5.30. The van der Waals surface area contributed by atoms with Gasteiger partial charge in [0.15, 0.2) is 0 Å². The second-order valence-corrected chi connectivity index (χ2v) is 6.69. The smallest absolute Gasteiger partial charge is 0.357 e. The molecule has 2 aromatic heterocycles. The molecule has 1 N–H and O–H groups in total. The van der Waals surface area contributed by atoms with E-state index in [1.807, 2.05) is 49.1 Å². The zero-order chi connectivity index (χ0) is 21.3. The summed E-state index contributed by atoms with van der Waals surface area (Å²) < 4.78 is 40.4. The Labute approximate surface area is 170 Å². The quantitative estimate of drug-likeness (QED) is 0.502. The number of benzene rings is 2. The van der Waals surface area contributed by atoms with Crippen LogP contribution in [0.4, 0.5) is 19.0 Å². The number of H-pyrrole nitrogens is 1. The molecule has 2 heterocycles. The maximum Gasteiger partial charge on any atom is 0.416 e. The number of fused-ring (bicyclic) bond motifs is 1. The first kappa shape index (κ1) is 19.8. The Morgan fingerprint density at radius 3 is 2.30 bits per heavy atom. The molecule has 4 rings (SSSR count). The van der Waals surface area contributed by atoms with Gasteiger partial charge in [-0.3, -0.25) is 0 Å². The summed E-state index contributed by atoms with van der Waals surface area (Å²) in [4.78, 5) is 6.74. The van der Waals surface area contributed by atoms with E-state index in [2.05, 4.69) is 20.6 Å².